The normalized spacial score (nSPS) is 10.3. The molecule has 0 aromatic heterocycles. The second-order valence-corrected chi connectivity index (χ2v) is 4.58. The van der Waals surface area contributed by atoms with Crippen molar-refractivity contribution >= 4 is 17.4 Å². The van der Waals surface area contributed by atoms with Gasteiger partial charge < -0.3 is 10.5 Å². The molecule has 0 spiro atoms. The number of ether oxygens (including phenoxy) is 1. The van der Waals surface area contributed by atoms with E-state index in [9.17, 15) is 9.18 Å². The van der Waals surface area contributed by atoms with E-state index in [-0.39, 0.29) is 35.3 Å². The molecule has 104 valence electrons. The summed E-state index contributed by atoms with van der Waals surface area (Å²) >= 11 is 5.94. The summed E-state index contributed by atoms with van der Waals surface area (Å²) in [5.74, 6) is -1.12. The van der Waals surface area contributed by atoms with Crippen molar-refractivity contribution in [1.82, 2.24) is 0 Å². The smallest absolute Gasteiger partial charge is 0.176 e. The first-order valence-corrected chi connectivity index (χ1v) is 6.38. The van der Waals surface area contributed by atoms with Crippen LogP contribution in [0.15, 0.2) is 42.5 Å². The molecule has 0 atom stereocenters. The predicted octanol–water partition coefficient (Wildman–Crippen LogP) is 3.20. The molecular formula is C15H13ClFNO2. The first kappa shape index (κ1) is 14.5. The highest BCUT2D eigenvalue weighted by Crippen LogP contribution is 2.30. The van der Waals surface area contributed by atoms with Crippen LogP contribution in [0.1, 0.15) is 15.9 Å². The SMILES string of the molecule is NCC(=O)c1cc(F)c(OCc2ccccc2)c(Cl)c1. The number of hydrogen-bond acceptors (Lipinski definition) is 3. The molecule has 0 unspecified atom stereocenters. The van der Waals surface area contributed by atoms with E-state index < -0.39 is 5.82 Å². The van der Waals surface area contributed by atoms with Crippen LogP contribution >= 0.6 is 11.6 Å². The Morgan fingerprint density at radius 1 is 1.25 bits per heavy atom. The second-order valence-electron chi connectivity index (χ2n) is 4.17. The van der Waals surface area contributed by atoms with Crippen LogP contribution in [0.5, 0.6) is 5.75 Å². The summed E-state index contributed by atoms with van der Waals surface area (Å²) in [5, 5.41) is 0.0535. The van der Waals surface area contributed by atoms with Crippen molar-refractivity contribution in [3.05, 3.63) is 64.4 Å². The maximum Gasteiger partial charge on any atom is 0.176 e. The first-order valence-electron chi connectivity index (χ1n) is 6.01. The molecule has 2 rings (SSSR count). The van der Waals surface area contributed by atoms with Crippen LogP contribution in [-0.2, 0) is 6.61 Å². The van der Waals surface area contributed by atoms with Gasteiger partial charge in [-0.1, -0.05) is 41.9 Å². The highest BCUT2D eigenvalue weighted by atomic mass is 35.5. The van der Waals surface area contributed by atoms with Crippen LogP contribution in [0.4, 0.5) is 4.39 Å². The summed E-state index contributed by atoms with van der Waals surface area (Å²) in [6.07, 6.45) is 0. The average molecular weight is 294 g/mol. The topological polar surface area (TPSA) is 52.3 Å². The monoisotopic (exact) mass is 293 g/mol. The summed E-state index contributed by atoms with van der Waals surface area (Å²) < 4.78 is 19.3. The molecule has 5 heteroatoms. The number of carbonyl (C=O) groups is 1. The van der Waals surface area contributed by atoms with Gasteiger partial charge in [-0.2, -0.15) is 0 Å². The average Bonchev–Trinajstić information content (AvgIpc) is 2.46. The van der Waals surface area contributed by atoms with Gasteiger partial charge in [0.1, 0.15) is 6.61 Å². The molecule has 2 N–H and O–H groups in total. The molecule has 0 bridgehead atoms. The lowest BCUT2D eigenvalue weighted by Crippen LogP contribution is -2.14. The standard InChI is InChI=1S/C15H13ClFNO2/c16-12-6-11(14(19)8-18)7-13(17)15(12)20-9-10-4-2-1-3-5-10/h1-7H,8-9,18H2. The molecular weight excluding hydrogens is 281 g/mol. The maximum absolute atomic E-state index is 13.9. The molecule has 2 aromatic carbocycles. The fourth-order valence-corrected chi connectivity index (χ4v) is 1.97. The van der Waals surface area contributed by atoms with Gasteiger partial charge in [0.2, 0.25) is 0 Å². The maximum atomic E-state index is 13.9. The minimum atomic E-state index is -0.676. The number of Topliss-reactive ketones (excluding diaryl/α,β-unsaturated/α-hetero) is 1. The van der Waals surface area contributed by atoms with Gasteiger partial charge in [0.05, 0.1) is 11.6 Å². The van der Waals surface area contributed by atoms with Crippen LogP contribution in [0.2, 0.25) is 5.02 Å². The van der Waals surface area contributed by atoms with E-state index in [4.69, 9.17) is 22.1 Å². The number of ketones is 1. The van der Waals surface area contributed by atoms with Gasteiger partial charge in [-0.3, -0.25) is 4.79 Å². The number of nitrogens with two attached hydrogens (primary N) is 1. The van der Waals surface area contributed by atoms with E-state index >= 15 is 0 Å². The molecule has 20 heavy (non-hydrogen) atoms. The Bertz CT molecular complexity index is 594. The molecule has 0 aliphatic rings. The van der Waals surface area contributed by atoms with Crippen LogP contribution in [0.3, 0.4) is 0 Å². The molecule has 3 nitrogen and oxygen atoms in total. The van der Waals surface area contributed by atoms with Crippen LogP contribution in [0, 0.1) is 5.82 Å². The quantitative estimate of drug-likeness (QED) is 0.861. The molecule has 0 fully saturated rings. The van der Waals surface area contributed by atoms with Crippen molar-refractivity contribution in [3.8, 4) is 5.75 Å². The zero-order valence-corrected chi connectivity index (χ0v) is 11.4. The van der Waals surface area contributed by atoms with Crippen molar-refractivity contribution in [2.45, 2.75) is 6.61 Å². The summed E-state index contributed by atoms with van der Waals surface area (Å²) in [5.41, 5.74) is 6.27. The van der Waals surface area contributed by atoms with E-state index in [2.05, 4.69) is 0 Å². The largest absolute Gasteiger partial charge is 0.484 e. The minimum Gasteiger partial charge on any atom is -0.484 e. The number of rotatable bonds is 5. The van der Waals surface area contributed by atoms with E-state index in [1.54, 1.807) is 0 Å². The van der Waals surface area contributed by atoms with Crippen molar-refractivity contribution in [1.29, 1.82) is 0 Å². The fraction of sp³-hybridized carbons (Fsp3) is 0.133. The van der Waals surface area contributed by atoms with Gasteiger partial charge in [-0.25, -0.2) is 4.39 Å². The van der Waals surface area contributed by atoms with Crippen LogP contribution in [0.25, 0.3) is 0 Å². The van der Waals surface area contributed by atoms with E-state index in [1.807, 2.05) is 30.3 Å². The van der Waals surface area contributed by atoms with Crippen LogP contribution in [-0.4, -0.2) is 12.3 Å². The van der Waals surface area contributed by atoms with Crippen molar-refractivity contribution in [2.75, 3.05) is 6.54 Å². The molecule has 0 saturated carbocycles. The lowest BCUT2D eigenvalue weighted by Gasteiger charge is -2.10. The predicted molar refractivity (Wildman–Crippen MR) is 75.6 cm³/mol. The number of hydrogen-bond donors (Lipinski definition) is 1. The van der Waals surface area contributed by atoms with Crippen molar-refractivity contribution in [3.63, 3.8) is 0 Å². The Kier molecular flexibility index (Phi) is 4.71. The minimum absolute atomic E-state index is 0.0535. The Hall–Kier alpha value is -1.91. The number of benzene rings is 2. The molecule has 0 aliphatic heterocycles. The molecule has 0 aliphatic carbocycles. The zero-order chi connectivity index (χ0) is 14.5. The molecule has 0 amide bonds. The Morgan fingerprint density at radius 3 is 2.55 bits per heavy atom. The fourth-order valence-electron chi connectivity index (χ4n) is 1.71. The van der Waals surface area contributed by atoms with Crippen molar-refractivity contribution in [2.24, 2.45) is 5.73 Å². The van der Waals surface area contributed by atoms with Gasteiger partial charge in [0, 0.05) is 5.56 Å². The van der Waals surface area contributed by atoms with Gasteiger partial charge in [0.15, 0.2) is 17.3 Å². The lowest BCUT2D eigenvalue weighted by molar-refractivity contribution is 0.100. The molecule has 0 saturated heterocycles. The summed E-state index contributed by atoms with van der Waals surface area (Å²) in [6.45, 7) is 0.00164. The number of carbonyl (C=O) groups excluding carboxylic acids is 1. The highest BCUT2D eigenvalue weighted by Gasteiger charge is 2.14. The summed E-state index contributed by atoms with van der Waals surface area (Å²) in [6, 6.07) is 11.8. The third kappa shape index (κ3) is 3.35. The zero-order valence-electron chi connectivity index (χ0n) is 10.6. The third-order valence-electron chi connectivity index (χ3n) is 2.73. The molecule has 0 radical (unpaired) electrons. The molecule has 2 aromatic rings. The van der Waals surface area contributed by atoms with Gasteiger partial charge in [-0.05, 0) is 17.7 Å². The Balaban J connectivity index is 2.18. The van der Waals surface area contributed by atoms with E-state index in [0.29, 0.717) is 0 Å². The van der Waals surface area contributed by atoms with Crippen LogP contribution < -0.4 is 10.5 Å². The highest BCUT2D eigenvalue weighted by molar-refractivity contribution is 6.32. The van der Waals surface area contributed by atoms with Gasteiger partial charge in [0.25, 0.3) is 0 Å². The number of halogens is 2. The summed E-state index contributed by atoms with van der Waals surface area (Å²) in [4.78, 5) is 11.4. The van der Waals surface area contributed by atoms with Gasteiger partial charge in [-0.15, -0.1) is 0 Å². The third-order valence-corrected chi connectivity index (χ3v) is 3.01. The van der Waals surface area contributed by atoms with Gasteiger partial charge >= 0.3 is 0 Å². The van der Waals surface area contributed by atoms with E-state index in [0.717, 1.165) is 11.6 Å². The summed E-state index contributed by atoms with van der Waals surface area (Å²) in [7, 11) is 0. The Labute approximate surface area is 121 Å². The van der Waals surface area contributed by atoms with E-state index in [1.165, 1.54) is 6.07 Å². The lowest BCUT2D eigenvalue weighted by atomic mass is 10.1. The second kappa shape index (κ2) is 6.50. The first-order chi connectivity index (χ1) is 9.61. The molecule has 0 heterocycles. The van der Waals surface area contributed by atoms with Crippen molar-refractivity contribution < 1.29 is 13.9 Å². The Morgan fingerprint density at radius 2 is 1.95 bits per heavy atom.